The van der Waals surface area contributed by atoms with Gasteiger partial charge in [0.15, 0.2) is 0 Å². The smallest absolute Gasteiger partial charge is 0.316 e. The highest BCUT2D eigenvalue weighted by molar-refractivity contribution is 7.32. The molecule has 0 aliphatic carbocycles. The Bertz CT molecular complexity index is 511. The molecule has 0 saturated heterocycles. The largest absolute Gasteiger partial charge is 0.354 e. The molecule has 0 aromatic heterocycles. The fourth-order valence-corrected chi connectivity index (χ4v) is 3.11. The average Bonchev–Trinajstić information content (AvgIpc) is 2.66. The number of amides is 2. The Balaban J connectivity index is 4.16. The summed E-state index contributed by atoms with van der Waals surface area (Å²) in [6.45, 7) is 1.23. The van der Waals surface area contributed by atoms with E-state index in [1.807, 2.05) is 0 Å². The van der Waals surface area contributed by atoms with Gasteiger partial charge in [-0.25, -0.2) is 0 Å². The van der Waals surface area contributed by atoms with Crippen LogP contribution in [-0.2, 0) is 27.8 Å². The summed E-state index contributed by atoms with van der Waals surface area (Å²) in [5, 5.41) is 5.51. The third-order valence-corrected chi connectivity index (χ3v) is 4.87. The zero-order valence-electron chi connectivity index (χ0n) is 16.7. The highest BCUT2D eigenvalue weighted by Crippen LogP contribution is 2.15. The van der Waals surface area contributed by atoms with Gasteiger partial charge in [0, 0.05) is 13.0 Å². The lowest BCUT2D eigenvalue weighted by atomic mass is 10.1. The van der Waals surface area contributed by atoms with Crippen molar-refractivity contribution < 1.29 is 37.6 Å². The Morgan fingerprint density at radius 1 is 0.897 bits per heavy atom. The first-order valence-corrected chi connectivity index (χ1v) is 12.4. The first kappa shape index (κ1) is 28.2. The minimum absolute atomic E-state index is 0.154. The van der Waals surface area contributed by atoms with Crippen LogP contribution in [0.2, 0.25) is 0 Å². The van der Waals surface area contributed by atoms with E-state index in [-0.39, 0.29) is 31.4 Å². The van der Waals surface area contributed by atoms with Gasteiger partial charge in [-0.15, -0.1) is 0 Å². The fraction of sp³-hybridized carbons (Fsp3) is 0.875. The van der Waals surface area contributed by atoms with Crippen molar-refractivity contribution in [1.82, 2.24) is 10.6 Å². The average molecular weight is 459 g/mol. The van der Waals surface area contributed by atoms with Crippen LogP contribution in [0.1, 0.15) is 57.8 Å². The van der Waals surface area contributed by atoms with Gasteiger partial charge in [-0.1, -0.05) is 6.42 Å². The Labute approximate surface area is 173 Å². The van der Waals surface area contributed by atoms with Gasteiger partial charge in [0.1, 0.15) is 6.04 Å². The lowest BCUT2D eigenvalue weighted by Gasteiger charge is -2.18. The molecule has 29 heavy (non-hydrogen) atoms. The van der Waals surface area contributed by atoms with Crippen molar-refractivity contribution in [2.45, 2.75) is 63.8 Å². The van der Waals surface area contributed by atoms with Gasteiger partial charge in [0.25, 0.3) is 0 Å². The van der Waals surface area contributed by atoms with Crippen LogP contribution < -0.4 is 16.4 Å². The Morgan fingerprint density at radius 2 is 1.52 bits per heavy atom. The molecule has 172 valence electrons. The number of nitrogens with two attached hydrogens (primary N) is 1. The normalized spacial score (nSPS) is 14.2. The van der Waals surface area contributed by atoms with Gasteiger partial charge in [-0.05, 0) is 51.5 Å². The summed E-state index contributed by atoms with van der Waals surface area (Å²) in [6.07, 6.45) is 5.19. The minimum atomic E-state index is -2.92. The molecule has 0 saturated carbocycles. The van der Waals surface area contributed by atoms with E-state index >= 15 is 0 Å². The zero-order valence-corrected chi connectivity index (χ0v) is 18.7. The molecule has 2 amide bonds. The van der Waals surface area contributed by atoms with E-state index < -0.39 is 22.6 Å². The molecular formula is C16H35N3O8P2. The third kappa shape index (κ3) is 18.9. The van der Waals surface area contributed by atoms with Crippen LogP contribution in [0.15, 0.2) is 0 Å². The van der Waals surface area contributed by atoms with Gasteiger partial charge in [-0.3, -0.25) is 18.7 Å². The second-order valence-electron chi connectivity index (χ2n) is 6.44. The quantitative estimate of drug-likeness (QED) is 0.138. The molecule has 0 aliphatic rings. The van der Waals surface area contributed by atoms with Crippen LogP contribution in [0.3, 0.4) is 0 Å². The van der Waals surface area contributed by atoms with Crippen molar-refractivity contribution in [3.63, 3.8) is 0 Å². The predicted octanol–water partition coefficient (Wildman–Crippen LogP) is 0.854. The maximum absolute atomic E-state index is 12.4. The van der Waals surface area contributed by atoms with Crippen molar-refractivity contribution in [1.29, 1.82) is 0 Å². The number of carbonyl (C=O) groups excluding carboxylic acids is 2. The standard InChI is InChI=1S/C16H35N3O8P2/c17-10-4-3-8-14(16(21)18-11-5-7-13-27-29(24)25)19-15(20)9-2-1-6-12-26-28(22)23/h14,28-29H,1-13,17H2,(H,18,21)(H,19,20)(H,22,23)(H,24,25)/t14-/m0/s1. The van der Waals surface area contributed by atoms with Gasteiger partial charge in [0.2, 0.25) is 11.8 Å². The summed E-state index contributed by atoms with van der Waals surface area (Å²) < 4.78 is 30.0. The lowest BCUT2D eigenvalue weighted by Crippen LogP contribution is -2.47. The highest BCUT2D eigenvalue weighted by atomic mass is 31.1. The summed E-state index contributed by atoms with van der Waals surface area (Å²) in [7, 11) is -5.82. The maximum Gasteiger partial charge on any atom is 0.316 e. The third-order valence-electron chi connectivity index (χ3n) is 3.97. The molecule has 0 aromatic carbocycles. The second-order valence-corrected chi connectivity index (χ2v) is 8.08. The molecule has 11 nitrogen and oxygen atoms in total. The highest BCUT2D eigenvalue weighted by Gasteiger charge is 2.19. The van der Waals surface area contributed by atoms with E-state index in [2.05, 4.69) is 19.7 Å². The van der Waals surface area contributed by atoms with E-state index in [4.69, 9.17) is 15.5 Å². The van der Waals surface area contributed by atoms with Crippen LogP contribution in [-0.4, -0.2) is 53.9 Å². The summed E-state index contributed by atoms with van der Waals surface area (Å²) >= 11 is 0. The van der Waals surface area contributed by atoms with E-state index in [0.29, 0.717) is 58.0 Å². The molecule has 6 N–H and O–H groups in total. The van der Waals surface area contributed by atoms with Gasteiger partial charge < -0.3 is 35.2 Å². The number of hydrogen-bond donors (Lipinski definition) is 5. The monoisotopic (exact) mass is 459 g/mol. The summed E-state index contributed by atoms with van der Waals surface area (Å²) in [6, 6.07) is -0.637. The number of unbranched alkanes of at least 4 members (excludes halogenated alkanes) is 4. The first-order chi connectivity index (χ1) is 13.9. The minimum Gasteiger partial charge on any atom is -0.354 e. The van der Waals surface area contributed by atoms with Crippen molar-refractivity contribution in [2.24, 2.45) is 5.73 Å². The lowest BCUT2D eigenvalue weighted by molar-refractivity contribution is -0.129. The second kappa shape index (κ2) is 19.2. The summed E-state index contributed by atoms with van der Waals surface area (Å²) in [5.74, 6) is -0.496. The van der Waals surface area contributed by atoms with Crippen molar-refractivity contribution in [3.05, 3.63) is 0 Å². The molecule has 0 rings (SSSR count). The molecule has 0 fully saturated rings. The van der Waals surface area contributed by atoms with Crippen LogP contribution in [0.5, 0.6) is 0 Å². The molecule has 0 radical (unpaired) electrons. The summed E-state index contributed by atoms with van der Waals surface area (Å²) in [5.41, 5.74) is 5.48. The van der Waals surface area contributed by atoms with E-state index in [9.17, 15) is 18.7 Å². The number of carbonyl (C=O) groups is 2. The molecule has 0 aliphatic heterocycles. The number of hydrogen-bond acceptors (Lipinski definition) is 7. The predicted molar refractivity (Wildman–Crippen MR) is 110 cm³/mol. The molecule has 0 bridgehead atoms. The van der Waals surface area contributed by atoms with Crippen LogP contribution in [0.25, 0.3) is 0 Å². The maximum atomic E-state index is 12.4. The SMILES string of the molecule is NCCCC[C@H](NC(=O)CCCCCO[PH](=O)O)C(=O)NCCCCO[PH](=O)O. The number of nitrogens with one attached hydrogen (secondary N) is 2. The van der Waals surface area contributed by atoms with Gasteiger partial charge in [0.05, 0.1) is 13.2 Å². The van der Waals surface area contributed by atoms with Crippen molar-refractivity contribution >= 4 is 28.3 Å². The molecule has 0 aromatic rings. The van der Waals surface area contributed by atoms with Crippen molar-refractivity contribution in [3.8, 4) is 0 Å². The molecule has 13 heteroatoms. The molecule has 3 atom stereocenters. The van der Waals surface area contributed by atoms with Crippen LogP contribution >= 0.6 is 16.5 Å². The van der Waals surface area contributed by atoms with E-state index in [1.54, 1.807) is 0 Å². The van der Waals surface area contributed by atoms with E-state index in [0.717, 1.165) is 6.42 Å². The number of rotatable bonds is 19. The Hall–Kier alpha value is -0.800. The zero-order chi connectivity index (χ0) is 21.9. The Morgan fingerprint density at radius 3 is 2.10 bits per heavy atom. The first-order valence-electron chi connectivity index (χ1n) is 9.85. The summed E-state index contributed by atoms with van der Waals surface area (Å²) in [4.78, 5) is 41.6. The molecule has 0 spiro atoms. The van der Waals surface area contributed by atoms with E-state index in [1.165, 1.54) is 0 Å². The topological polar surface area (TPSA) is 177 Å². The molecular weight excluding hydrogens is 424 g/mol. The molecule has 0 heterocycles. The Kier molecular flexibility index (Phi) is 18.7. The van der Waals surface area contributed by atoms with Gasteiger partial charge >= 0.3 is 16.5 Å². The molecule has 2 unspecified atom stereocenters. The fourth-order valence-electron chi connectivity index (χ4n) is 2.47. The van der Waals surface area contributed by atoms with Crippen LogP contribution in [0, 0.1) is 0 Å². The van der Waals surface area contributed by atoms with Crippen LogP contribution in [0.4, 0.5) is 0 Å². The van der Waals surface area contributed by atoms with Crippen molar-refractivity contribution in [2.75, 3.05) is 26.3 Å². The van der Waals surface area contributed by atoms with Gasteiger partial charge in [-0.2, -0.15) is 0 Å².